The van der Waals surface area contributed by atoms with E-state index in [4.69, 9.17) is 4.99 Å². The van der Waals surface area contributed by atoms with Crippen LogP contribution in [0.15, 0.2) is 41.7 Å². The highest BCUT2D eigenvalue weighted by atomic mass is 15.3. The summed E-state index contributed by atoms with van der Waals surface area (Å²) in [6, 6.07) is 10.3. The molecule has 1 aromatic carbocycles. The largest absolute Gasteiger partial charge is 0.357 e. The number of nitrogens with zero attached hydrogens (tertiary/aromatic N) is 5. The summed E-state index contributed by atoms with van der Waals surface area (Å²) < 4.78 is 4.26. The number of para-hydroxylation sites is 2. The second kappa shape index (κ2) is 9.92. The molecule has 0 spiro atoms. The summed E-state index contributed by atoms with van der Waals surface area (Å²) in [7, 11) is 0. The van der Waals surface area contributed by atoms with Crippen LogP contribution < -0.4 is 10.6 Å². The van der Waals surface area contributed by atoms with Crippen molar-refractivity contribution in [1.29, 1.82) is 0 Å². The van der Waals surface area contributed by atoms with Crippen LogP contribution in [0, 0.1) is 13.8 Å². The Balaban J connectivity index is 1.42. The average molecular weight is 382 g/mol. The standard InChI is InChI=1S/C21H31N7/c1-4-22-21(24-12-8-14-28-18(3)15-17(2)26-28)23-11-7-13-27-16-25-19-9-5-6-10-20(19)27/h5-6,9-10,15-16H,4,7-8,11-14H2,1-3H3,(H2,22,23,24). The van der Waals surface area contributed by atoms with Crippen molar-refractivity contribution in [1.82, 2.24) is 30.0 Å². The molecule has 2 aromatic heterocycles. The number of aromatic nitrogens is 4. The zero-order valence-electron chi connectivity index (χ0n) is 17.1. The van der Waals surface area contributed by atoms with Crippen molar-refractivity contribution in [3.05, 3.63) is 48.0 Å². The van der Waals surface area contributed by atoms with Gasteiger partial charge in [-0.15, -0.1) is 0 Å². The highest BCUT2D eigenvalue weighted by molar-refractivity contribution is 5.79. The fourth-order valence-electron chi connectivity index (χ4n) is 3.30. The zero-order valence-corrected chi connectivity index (χ0v) is 17.1. The van der Waals surface area contributed by atoms with E-state index in [1.165, 1.54) is 11.2 Å². The highest BCUT2D eigenvalue weighted by Gasteiger charge is 2.03. The lowest BCUT2D eigenvalue weighted by Crippen LogP contribution is -2.38. The van der Waals surface area contributed by atoms with E-state index in [1.807, 2.05) is 25.4 Å². The number of hydrogen-bond donors (Lipinski definition) is 2. The minimum absolute atomic E-state index is 0.777. The van der Waals surface area contributed by atoms with E-state index >= 15 is 0 Å². The molecule has 3 rings (SSSR count). The van der Waals surface area contributed by atoms with E-state index in [2.05, 4.69) is 62.0 Å². The van der Waals surface area contributed by atoms with E-state index in [-0.39, 0.29) is 0 Å². The van der Waals surface area contributed by atoms with Gasteiger partial charge in [-0.2, -0.15) is 5.10 Å². The topological polar surface area (TPSA) is 72.1 Å². The van der Waals surface area contributed by atoms with Gasteiger partial charge < -0.3 is 15.2 Å². The first-order valence-electron chi connectivity index (χ1n) is 10.1. The molecule has 2 heterocycles. The molecule has 3 aromatic rings. The van der Waals surface area contributed by atoms with Crippen LogP contribution in [0.5, 0.6) is 0 Å². The van der Waals surface area contributed by atoms with Crippen LogP contribution in [-0.4, -0.2) is 44.9 Å². The summed E-state index contributed by atoms with van der Waals surface area (Å²) in [6.45, 7) is 10.6. The normalized spacial score (nSPS) is 11.9. The van der Waals surface area contributed by atoms with Gasteiger partial charge in [0.1, 0.15) is 0 Å². The van der Waals surface area contributed by atoms with Crippen LogP contribution in [0.3, 0.4) is 0 Å². The van der Waals surface area contributed by atoms with Crippen LogP contribution >= 0.6 is 0 Å². The van der Waals surface area contributed by atoms with Crippen molar-refractivity contribution in [2.45, 2.75) is 46.7 Å². The second-order valence-electron chi connectivity index (χ2n) is 6.97. The smallest absolute Gasteiger partial charge is 0.191 e. The number of guanidine groups is 1. The third kappa shape index (κ3) is 5.34. The van der Waals surface area contributed by atoms with E-state index in [1.54, 1.807) is 0 Å². The Hall–Kier alpha value is -2.83. The number of hydrogen-bond acceptors (Lipinski definition) is 3. The van der Waals surface area contributed by atoms with Gasteiger partial charge in [-0.3, -0.25) is 9.67 Å². The van der Waals surface area contributed by atoms with Crippen molar-refractivity contribution < 1.29 is 0 Å². The number of aliphatic imine (C=N–C) groups is 1. The van der Waals surface area contributed by atoms with Gasteiger partial charge in [0.25, 0.3) is 0 Å². The fraction of sp³-hybridized carbons (Fsp3) is 0.476. The first-order valence-corrected chi connectivity index (χ1v) is 10.1. The lowest BCUT2D eigenvalue weighted by molar-refractivity contribution is 0.555. The molecule has 0 atom stereocenters. The Morgan fingerprint density at radius 2 is 1.96 bits per heavy atom. The zero-order chi connectivity index (χ0) is 19.8. The van der Waals surface area contributed by atoms with Gasteiger partial charge in [0.15, 0.2) is 5.96 Å². The molecule has 0 aliphatic heterocycles. The Morgan fingerprint density at radius 3 is 2.75 bits per heavy atom. The maximum absolute atomic E-state index is 4.70. The first kappa shape index (κ1) is 19.9. The average Bonchev–Trinajstić information content (AvgIpc) is 3.24. The number of rotatable bonds is 9. The molecule has 28 heavy (non-hydrogen) atoms. The van der Waals surface area contributed by atoms with Crippen molar-refractivity contribution in [2.24, 2.45) is 4.99 Å². The van der Waals surface area contributed by atoms with Crippen LogP contribution in [0.4, 0.5) is 0 Å². The van der Waals surface area contributed by atoms with Gasteiger partial charge in [0.2, 0.25) is 0 Å². The Kier molecular flexibility index (Phi) is 7.06. The van der Waals surface area contributed by atoms with E-state index in [0.29, 0.717) is 0 Å². The SMILES string of the molecule is CCNC(=NCCCn1cnc2ccccc21)NCCCn1nc(C)cc1C. The molecule has 0 aliphatic carbocycles. The molecule has 0 fully saturated rings. The van der Waals surface area contributed by atoms with Crippen LogP contribution in [0.2, 0.25) is 0 Å². The van der Waals surface area contributed by atoms with E-state index < -0.39 is 0 Å². The predicted molar refractivity (Wildman–Crippen MR) is 115 cm³/mol. The summed E-state index contributed by atoms with van der Waals surface area (Å²) in [4.78, 5) is 9.14. The third-order valence-electron chi connectivity index (χ3n) is 4.64. The van der Waals surface area contributed by atoms with Gasteiger partial charge in [-0.25, -0.2) is 4.98 Å². The van der Waals surface area contributed by atoms with Gasteiger partial charge in [0, 0.05) is 38.4 Å². The number of benzene rings is 1. The fourth-order valence-corrected chi connectivity index (χ4v) is 3.30. The summed E-state index contributed by atoms with van der Waals surface area (Å²) in [5.41, 5.74) is 4.51. The van der Waals surface area contributed by atoms with Crippen molar-refractivity contribution in [3.8, 4) is 0 Å². The summed E-state index contributed by atoms with van der Waals surface area (Å²) in [6.07, 6.45) is 3.90. The molecule has 0 unspecified atom stereocenters. The number of imidazole rings is 1. The second-order valence-corrected chi connectivity index (χ2v) is 6.97. The maximum Gasteiger partial charge on any atom is 0.191 e. The minimum atomic E-state index is 0.777. The summed E-state index contributed by atoms with van der Waals surface area (Å²) >= 11 is 0. The van der Waals surface area contributed by atoms with E-state index in [0.717, 1.165) is 62.7 Å². The van der Waals surface area contributed by atoms with Crippen molar-refractivity contribution in [3.63, 3.8) is 0 Å². The summed E-state index contributed by atoms with van der Waals surface area (Å²) in [5.74, 6) is 0.881. The molecule has 0 bridgehead atoms. The van der Waals surface area contributed by atoms with Gasteiger partial charge in [-0.1, -0.05) is 12.1 Å². The molecular formula is C21H31N7. The van der Waals surface area contributed by atoms with Gasteiger partial charge in [-0.05, 0) is 51.8 Å². The van der Waals surface area contributed by atoms with Crippen molar-refractivity contribution >= 4 is 17.0 Å². The molecule has 0 amide bonds. The first-order chi connectivity index (χ1) is 13.7. The Labute approximate surface area is 166 Å². The van der Waals surface area contributed by atoms with Crippen molar-refractivity contribution in [2.75, 3.05) is 19.6 Å². The molecule has 7 nitrogen and oxygen atoms in total. The summed E-state index contributed by atoms with van der Waals surface area (Å²) in [5, 5.41) is 11.2. The molecular weight excluding hydrogens is 350 g/mol. The van der Waals surface area contributed by atoms with Gasteiger partial charge >= 0.3 is 0 Å². The van der Waals surface area contributed by atoms with E-state index in [9.17, 15) is 0 Å². The molecule has 0 saturated carbocycles. The highest BCUT2D eigenvalue weighted by Crippen LogP contribution is 2.12. The maximum atomic E-state index is 4.70. The molecule has 0 radical (unpaired) electrons. The minimum Gasteiger partial charge on any atom is -0.357 e. The molecule has 0 saturated heterocycles. The number of fused-ring (bicyclic) bond motifs is 1. The Bertz CT molecular complexity index is 907. The molecule has 0 aliphatic rings. The molecule has 150 valence electrons. The van der Waals surface area contributed by atoms with Gasteiger partial charge in [0.05, 0.1) is 23.1 Å². The lowest BCUT2D eigenvalue weighted by atomic mass is 10.3. The number of aryl methyl sites for hydroxylation is 4. The Morgan fingerprint density at radius 1 is 1.11 bits per heavy atom. The molecule has 2 N–H and O–H groups in total. The third-order valence-corrected chi connectivity index (χ3v) is 4.64. The predicted octanol–water partition coefficient (Wildman–Crippen LogP) is 2.89. The van der Waals surface area contributed by atoms with Crippen LogP contribution in [0.1, 0.15) is 31.2 Å². The number of nitrogens with one attached hydrogen (secondary N) is 2. The van der Waals surface area contributed by atoms with Crippen LogP contribution in [-0.2, 0) is 13.1 Å². The quantitative estimate of drug-likeness (QED) is 0.340. The van der Waals surface area contributed by atoms with Crippen LogP contribution in [0.25, 0.3) is 11.0 Å². The molecule has 7 heteroatoms. The lowest BCUT2D eigenvalue weighted by Gasteiger charge is -2.12. The monoisotopic (exact) mass is 381 g/mol.